The van der Waals surface area contributed by atoms with Crippen LogP contribution in [-0.4, -0.2) is 35.1 Å². The van der Waals surface area contributed by atoms with Crippen LogP contribution in [-0.2, 0) is 14.8 Å². The van der Waals surface area contributed by atoms with E-state index in [0.717, 1.165) is 4.31 Å². The average Bonchev–Trinajstić information content (AvgIpc) is 2.65. The van der Waals surface area contributed by atoms with E-state index in [9.17, 15) is 13.2 Å². The van der Waals surface area contributed by atoms with Gasteiger partial charge in [-0.1, -0.05) is 11.6 Å². The SMILES string of the molecule is COc1ccc(OC)c(N(CC(=O)NN)S(=O)(=O)c2ccc(Cl)cc2)c1. The second-order valence-corrected chi connectivity index (χ2v) is 7.37. The molecule has 1 amide bonds. The molecule has 0 fully saturated rings. The first-order chi connectivity index (χ1) is 12.3. The average molecular weight is 400 g/mol. The van der Waals surface area contributed by atoms with Gasteiger partial charge in [0.1, 0.15) is 18.0 Å². The maximum atomic E-state index is 13.1. The Morgan fingerprint density at radius 3 is 2.35 bits per heavy atom. The first kappa shape index (κ1) is 19.8. The lowest BCUT2D eigenvalue weighted by Crippen LogP contribution is -2.43. The van der Waals surface area contributed by atoms with E-state index in [1.165, 1.54) is 44.6 Å². The van der Waals surface area contributed by atoms with Crippen molar-refractivity contribution in [2.75, 3.05) is 25.1 Å². The summed E-state index contributed by atoms with van der Waals surface area (Å²) in [5.74, 6) is 5.07. The number of sulfonamides is 1. The third-order valence-corrected chi connectivity index (χ3v) is 5.53. The number of benzene rings is 2. The number of nitrogens with one attached hydrogen (secondary N) is 1. The number of halogens is 1. The molecule has 0 aliphatic heterocycles. The number of carbonyl (C=O) groups excluding carboxylic acids is 1. The molecule has 0 aliphatic carbocycles. The van der Waals surface area contributed by atoms with E-state index in [-0.39, 0.29) is 16.3 Å². The largest absolute Gasteiger partial charge is 0.497 e. The van der Waals surface area contributed by atoms with Crippen LogP contribution >= 0.6 is 11.6 Å². The van der Waals surface area contributed by atoms with Crippen molar-refractivity contribution in [2.45, 2.75) is 4.90 Å². The van der Waals surface area contributed by atoms with E-state index in [1.807, 2.05) is 5.43 Å². The number of hydrogen-bond acceptors (Lipinski definition) is 6. The van der Waals surface area contributed by atoms with Crippen molar-refractivity contribution in [3.8, 4) is 11.5 Å². The fraction of sp³-hybridized carbons (Fsp3) is 0.188. The number of ether oxygens (including phenoxy) is 2. The molecule has 0 unspecified atom stereocenters. The second-order valence-electron chi connectivity index (χ2n) is 5.07. The van der Waals surface area contributed by atoms with E-state index < -0.39 is 22.5 Å². The molecule has 0 radical (unpaired) electrons. The van der Waals surface area contributed by atoms with Crippen LogP contribution in [0.15, 0.2) is 47.4 Å². The number of anilines is 1. The van der Waals surface area contributed by atoms with Crippen molar-refractivity contribution < 1.29 is 22.7 Å². The predicted octanol–water partition coefficient (Wildman–Crippen LogP) is 1.54. The van der Waals surface area contributed by atoms with Crippen LogP contribution in [0.25, 0.3) is 0 Å². The van der Waals surface area contributed by atoms with Gasteiger partial charge in [0.2, 0.25) is 0 Å². The molecule has 2 aromatic rings. The zero-order valence-electron chi connectivity index (χ0n) is 14.1. The van der Waals surface area contributed by atoms with Crippen LogP contribution < -0.4 is 25.0 Å². The highest BCUT2D eigenvalue weighted by Crippen LogP contribution is 2.35. The summed E-state index contributed by atoms with van der Waals surface area (Å²) < 4.78 is 37.5. The number of methoxy groups -OCH3 is 2. The summed E-state index contributed by atoms with van der Waals surface area (Å²) in [5, 5.41) is 0.383. The Balaban J connectivity index is 2.64. The molecule has 2 rings (SSSR count). The van der Waals surface area contributed by atoms with Gasteiger partial charge in [-0.05, 0) is 36.4 Å². The molecule has 0 atom stereocenters. The van der Waals surface area contributed by atoms with Crippen LogP contribution in [0.2, 0.25) is 5.02 Å². The molecular formula is C16H18ClN3O5S. The molecule has 0 saturated heterocycles. The number of nitrogens with zero attached hydrogens (tertiary/aromatic N) is 1. The van der Waals surface area contributed by atoms with E-state index in [4.69, 9.17) is 26.9 Å². The van der Waals surface area contributed by atoms with Crippen LogP contribution in [0, 0.1) is 0 Å². The third-order valence-electron chi connectivity index (χ3n) is 3.50. The minimum atomic E-state index is -4.11. The van der Waals surface area contributed by atoms with Gasteiger partial charge in [-0.15, -0.1) is 0 Å². The second kappa shape index (κ2) is 8.26. The summed E-state index contributed by atoms with van der Waals surface area (Å²) in [6.07, 6.45) is 0. The number of amides is 1. The molecule has 8 nitrogen and oxygen atoms in total. The first-order valence-electron chi connectivity index (χ1n) is 7.33. The normalized spacial score (nSPS) is 10.9. The molecule has 0 spiro atoms. The van der Waals surface area contributed by atoms with Gasteiger partial charge in [-0.25, -0.2) is 14.3 Å². The van der Waals surface area contributed by atoms with E-state index in [0.29, 0.717) is 10.8 Å². The maximum absolute atomic E-state index is 13.1. The summed E-state index contributed by atoms with van der Waals surface area (Å²) in [4.78, 5) is 11.8. The summed E-state index contributed by atoms with van der Waals surface area (Å²) in [6.45, 7) is -0.551. The number of hydrogen-bond donors (Lipinski definition) is 2. The Kier molecular flexibility index (Phi) is 6.30. The quantitative estimate of drug-likeness (QED) is 0.415. The number of carbonyl (C=O) groups is 1. The molecule has 0 aromatic heterocycles. The highest BCUT2D eigenvalue weighted by Gasteiger charge is 2.29. The molecule has 0 aliphatic rings. The van der Waals surface area contributed by atoms with Gasteiger partial charge in [0.25, 0.3) is 15.9 Å². The summed E-state index contributed by atoms with van der Waals surface area (Å²) in [6, 6.07) is 10.2. The van der Waals surface area contributed by atoms with E-state index in [1.54, 1.807) is 12.1 Å². The fourth-order valence-corrected chi connectivity index (χ4v) is 3.75. The molecule has 10 heteroatoms. The van der Waals surface area contributed by atoms with Gasteiger partial charge in [-0.2, -0.15) is 0 Å². The lowest BCUT2D eigenvalue weighted by Gasteiger charge is -2.25. The number of hydrazine groups is 1. The molecule has 0 heterocycles. The summed E-state index contributed by atoms with van der Waals surface area (Å²) in [5.41, 5.74) is 2.06. The fourth-order valence-electron chi connectivity index (χ4n) is 2.20. The lowest BCUT2D eigenvalue weighted by molar-refractivity contribution is -0.119. The molecule has 26 heavy (non-hydrogen) atoms. The third kappa shape index (κ3) is 4.18. The molecule has 2 aromatic carbocycles. The smallest absolute Gasteiger partial charge is 0.264 e. The Morgan fingerprint density at radius 2 is 1.81 bits per heavy atom. The highest BCUT2D eigenvalue weighted by atomic mass is 35.5. The Morgan fingerprint density at radius 1 is 1.15 bits per heavy atom. The van der Waals surface area contributed by atoms with Crippen LogP contribution in [0.4, 0.5) is 5.69 Å². The van der Waals surface area contributed by atoms with Gasteiger partial charge in [0, 0.05) is 11.1 Å². The van der Waals surface area contributed by atoms with Crippen molar-refractivity contribution in [3.63, 3.8) is 0 Å². The first-order valence-corrected chi connectivity index (χ1v) is 9.15. The number of rotatable bonds is 7. The zero-order valence-corrected chi connectivity index (χ0v) is 15.7. The molecule has 0 bridgehead atoms. The van der Waals surface area contributed by atoms with Crippen LogP contribution in [0.3, 0.4) is 0 Å². The van der Waals surface area contributed by atoms with Gasteiger partial charge < -0.3 is 9.47 Å². The summed E-state index contributed by atoms with van der Waals surface area (Å²) in [7, 11) is -1.28. The monoisotopic (exact) mass is 399 g/mol. The van der Waals surface area contributed by atoms with Crippen molar-refractivity contribution in [2.24, 2.45) is 5.84 Å². The molecule has 0 saturated carbocycles. The maximum Gasteiger partial charge on any atom is 0.264 e. The van der Waals surface area contributed by atoms with Crippen molar-refractivity contribution in [1.82, 2.24) is 5.43 Å². The number of nitrogens with two attached hydrogens (primary N) is 1. The van der Waals surface area contributed by atoms with Crippen LogP contribution in [0.5, 0.6) is 11.5 Å². The van der Waals surface area contributed by atoms with E-state index >= 15 is 0 Å². The van der Waals surface area contributed by atoms with Gasteiger partial charge in [-0.3, -0.25) is 14.5 Å². The molecule has 3 N–H and O–H groups in total. The Bertz CT molecular complexity index is 887. The van der Waals surface area contributed by atoms with Crippen molar-refractivity contribution >= 4 is 33.2 Å². The summed E-state index contributed by atoms with van der Waals surface area (Å²) >= 11 is 5.83. The van der Waals surface area contributed by atoms with Gasteiger partial charge >= 0.3 is 0 Å². The van der Waals surface area contributed by atoms with E-state index in [2.05, 4.69) is 0 Å². The zero-order chi connectivity index (χ0) is 19.3. The Labute approximate surface area is 156 Å². The Hall–Kier alpha value is -2.49. The minimum absolute atomic E-state index is 0.0448. The van der Waals surface area contributed by atoms with Crippen LogP contribution in [0.1, 0.15) is 0 Å². The highest BCUT2D eigenvalue weighted by molar-refractivity contribution is 7.92. The lowest BCUT2D eigenvalue weighted by atomic mass is 10.2. The van der Waals surface area contributed by atoms with Crippen molar-refractivity contribution in [1.29, 1.82) is 0 Å². The van der Waals surface area contributed by atoms with Gasteiger partial charge in [0.05, 0.1) is 24.8 Å². The van der Waals surface area contributed by atoms with Gasteiger partial charge in [0.15, 0.2) is 0 Å². The minimum Gasteiger partial charge on any atom is -0.497 e. The van der Waals surface area contributed by atoms with Crippen molar-refractivity contribution in [3.05, 3.63) is 47.5 Å². The standard InChI is InChI=1S/C16H18ClN3O5S/c1-24-12-5-8-15(25-2)14(9-12)20(10-16(21)19-18)26(22,23)13-6-3-11(17)4-7-13/h3-9H,10,18H2,1-2H3,(H,19,21). The molecule has 140 valence electrons. The molecular weight excluding hydrogens is 382 g/mol. The predicted molar refractivity (Wildman–Crippen MR) is 97.9 cm³/mol. The topological polar surface area (TPSA) is 111 Å².